The Kier molecular flexibility index (Phi) is 5.28. The van der Waals surface area contributed by atoms with Crippen LogP contribution in [0.3, 0.4) is 0 Å². The van der Waals surface area contributed by atoms with Crippen LogP contribution < -0.4 is 10.2 Å². The molecular formula is C23H29N5OS. The number of nitrogens with one attached hydrogen (secondary N) is 1. The van der Waals surface area contributed by atoms with Gasteiger partial charge in [0.15, 0.2) is 0 Å². The van der Waals surface area contributed by atoms with Crippen molar-refractivity contribution in [2.45, 2.75) is 57.7 Å². The molecule has 4 rings (SSSR count). The average molecular weight is 424 g/mol. The number of piperidine rings is 1. The third-order valence-electron chi connectivity index (χ3n) is 5.66. The molecule has 2 aromatic heterocycles. The summed E-state index contributed by atoms with van der Waals surface area (Å²) in [5, 5.41) is 25.0. The van der Waals surface area contributed by atoms with E-state index in [1.807, 2.05) is 36.7 Å². The molecule has 2 N–H and O–H groups in total. The molecule has 0 atom stereocenters. The van der Waals surface area contributed by atoms with Crippen LogP contribution in [-0.2, 0) is 0 Å². The predicted octanol–water partition coefficient (Wildman–Crippen LogP) is 4.72. The molecule has 0 bridgehead atoms. The van der Waals surface area contributed by atoms with Gasteiger partial charge < -0.3 is 15.3 Å². The van der Waals surface area contributed by atoms with E-state index >= 15 is 0 Å². The van der Waals surface area contributed by atoms with Crippen molar-refractivity contribution in [3.8, 4) is 27.4 Å². The van der Waals surface area contributed by atoms with E-state index in [1.165, 1.54) is 0 Å². The molecule has 1 saturated heterocycles. The minimum atomic E-state index is 0.0458. The van der Waals surface area contributed by atoms with Crippen LogP contribution in [0.2, 0.25) is 0 Å². The van der Waals surface area contributed by atoms with E-state index in [0.29, 0.717) is 23.2 Å². The molecule has 3 heterocycles. The van der Waals surface area contributed by atoms with Gasteiger partial charge in [0, 0.05) is 34.6 Å². The summed E-state index contributed by atoms with van der Waals surface area (Å²) in [6, 6.07) is 9.98. The minimum Gasteiger partial charge on any atom is -0.507 e. The van der Waals surface area contributed by atoms with Gasteiger partial charge in [-0.1, -0.05) is 12.1 Å². The Labute approximate surface area is 182 Å². The highest BCUT2D eigenvalue weighted by molar-refractivity contribution is 7.13. The molecule has 0 saturated carbocycles. The number of benzene rings is 1. The zero-order chi connectivity index (χ0) is 21.5. The predicted molar refractivity (Wildman–Crippen MR) is 123 cm³/mol. The Morgan fingerprint density at radius 3 is 2.40 bits per heavy atom. The van der Waals surface area contributed by atoms with Crippen LogP contribution in [0.25, 0.3) is 21.7 Å². The summed E-state index contributed by atoms with van der Waals surface area (Å²) < 4.78 is 0. The summed E-state index contributed by atoms with van der Waals surface area (Å²) in [4.78, 5) is 7.80. The molecule has 3 aromatic rings. The first-order valence-corrected chi connectivity index (χ1v) is 11.1. The third kappa shape index (κ3) is 4.32. The van der Waals surface area contributed by atoms with Crippen molar-refractivity contribution in [1.29, 1.82) is 0 Å². The van der Waals surface area contributed by atoms with Gasteiger partial charge in [-0.15, -0.1) is 21.5 Å². The van der Waals surface area contributed by atoms with Gasteiger partial charge >= 0.3 is 0 Å². The number of nitrogens with zero attached hydrogens (tertiary/aromatic N) is 4. The van der Waals surface area contributed by atoms with Crippen LogP contribution in [0, 0.1) is 0 Å². The maximum absolute atomic E-state index is 10.5. The molecule has 7 heteroatoms. The lowest BCUT2D eigenvalue weighted by Crippen LogP contribution is -2.62. The van der Waals surface area contributed by atoms with Crippen LogP contribution >= 0.6 is 11.3 Å². The van der Waals surface area contributed by atoms with Crippen LogP contribution in [0.4, 0.5) is 5.95 Å². The number of aromatic nitrogens is 3. The molecule has 158 valence electrons. The third-order valence-corrected chi connectivity index (χ3v) is 6.58. The zero-order valence-corrected chi connectivity index (χ0v) is 19.0. The van der Waals surface area contributed by atoms with Gasteiger partial charge in [-0.25, -0.2) is 4.98 Å². The summed E-state index contributed by atoms with van der Waals surface area (Å²) in [7, 11) is 2.03. The van der Waals surface area contributed by atoms with Crippen molar-refractivity contribution in [2.75, 3.05) is 11.9 Å². The quantitative estimate of drug-likeness (QED) is 0.633. The lowest BCUT2D eigenvalue weighted by molar-refractivity contribution is 0.160. The highest BCUT2D eigenvalue weighted by Gasteiger charge is 2.39. The Morgan fingerprint density at radius 1 is 1.10 bits per heavy atom. The monoisotopic (exact) mass is 423 g/mol. The first kappa shape index (κ1) is 20.8. The fraction of sp³-hybridized carbons (Fsp3) is 0.435. The summed E-state index contributed by atoms with van der Waals surface area (Å²) in [6.07, 6.45) is 3.70. The van der Waals surface area contributed by atoms with Crippen molar-refractivity contribution >= 4 is 17.3 Å². The molecule has 1 aliphatic heterocycles. The lowest BCUT2D eigenvalue weighted by atomic mass is 9.79. The Balaban J connectivity index is 1.54. The maximum atomic E-state index is 10.5. The summed E-state index contributed by atoms with van der Waals surface area (Å²) in [5.74, 6) is 0.784. The summed E-state index contributed by atoms with van der Waals surface area (Å²) in [5.41, 5.74) is 2.27. The molecule has 0 radical (unpaired) electrons. The molecule has 1 fully saturated rings. The van der Waals surface area contributed by atoms with Crippen molar-refractivity contribution in [3.63, 3.8) is 0 Å². The molecule has 0 spiro atoms. The van der Waals surface area contributed by atoms with E-state index < -0.39 is 0 Å². The zero-order valence-electron chi connectivity index (χ0n) is 18.2. The second kappa shape index (κ2) is 7.63. The van der Waals surface area contributed by atoms with Gasteiger partial charge in [0.05, 0.1) is 6.20 Å². The van der Waals surface area contributed by atoms with Crippen molar-refractivity contribution in [2.24, 2.45) is 0 Å². The standard InChI is InChI=1S/C23H29N5OS/c1-22(2)12-16(13-23(3,4)27-22)28(5)21-24-14-18(25-26-21)17-9-8-15(11-19(17)29)20-7-6-10-30-20/h6-11,14,16,27,29H,12-13H2,1-5H3. The largest absolute Gasteiger partial charge is 0.507 e. The fourth-order valence-corrected chi connectivity index (χ4v) is 5.33. The summed E-state index contributed by atoms with van der Waals surface area (Å²) in [6.45, 7) is 8.94. The molecule has 1 aromatic carbocycles. The number of aromatic hydroxyl groups is 1. The average Bonchev–Trinajstić information content (AvgIpc) is 3.20. The number of phenols is 1. The van der Waals surface area contributed by atoms with Crippen LogP contribution in [-0.4, -0.2) is 44.5 Å². The number of hydrogen-bond acceptors (Lipinski definition) is 7. The number of thiophene rings is 1. The number of hydrogen-bond donors (Lipinski definition) is 2. The topological polar surface area (TPSA) is 74.2 Å². The Bertz CT molecular complexity index is 999. The highest BCUT2D eigenvalue weighted by Crippen LogP contribution is 2.35. The molecule has 1 aliphatic rings. The lowest BCUT2D eigenvalue weighted by Gasteiger charge is -2.48. The van der Waals surface area contributed by atoms with E-state index in [4.69, 9.17) is 0 Å². The van der Waals surface area contributed by atoms with Gasteiger partial charge in [0.2, 0.25) is 5.95 Å². The van der Waals surface area contributed by atoms with E-state index in [0.717, 1.165) is 23.3 Å². The molecule has 6 nitrogen and oxygen atoms in total. The first-order chi connectivity index (χ1) is 14.1. The molecular weight excluding hydrogens is 394 g/mol. The SMILES string of the molecule is CN(c1ncc(-c2ccc(-c3cccs3)cc2O)nn1)C1CC(C)(C)NC(C)(C)C1. The maximum Gasteiger partial charge on any atom is 0.245 e. The van der Waals surface area contributed by atoms with Gasteiger partial charge in [-0.3, -0.25) is 0 Å². The molecule has 0 aliphatic carbocycles. The summed E-state index contributed by atoms with van der Waals surface area (Å²) >= 11 is 1.64. The second-order valence-corrected chi connectivity index (χ2v) is 10.4. The Hall–Kier alpha value is -2.51. The van der Waals surface area contributed by atoms with E-state index in [9.17, 15) is 5.11 Å². The van der Waals surface area contributed by atoms with Gasteiger partial charge in [-0.05, 0) is 69.7 Å². The smallest absolute Gasteiger partial charge is 0.245 e. The van der Waals surface area contributed by atoms with E-state index in [1.54, 1.807) is 23.6 Å². The normalized spacial score (nSPS) is 18.3. The fourth-order valence-electron chi connectivity index (χ4n) is 4.60. The van der Waals surface area contributed by atoms with Crippen molar-refractivity contribution in [3.05, 3.63) is 41.9 Å². The Morgan fingerprint density at radius 2 is 1.83 bits per heavy atom. The van der Waals surface area contributed by atoms with Crippen LogP contribution in [0.5, 0.6) is 5.75 Å². The number of phenolic OH excluding ortho intramolecular Hbond substituents is 1. The second-order valence-electron chi connectivity index (χ2n) is 9.42. The van der Waals surface area contributed by atoms with Crippen molar-refractivity contribution < 1.29 is 5.11 Å². The van der Waals surface area contributed by atoms with Crippen LogP contribution in [0.15, 0.2) is 41.9 Å². The number of anilines is 1. The molecule has 30 heavy (non-hydrogen) atoms. The number of rotatable bonds is 4. The van der Waals surface area contributed by atoms with Crippen LogP contribution in [0.1, 0.15) is 40.5 Å². The first-order valence-electron chi connectivity index (χ1n) is 10.2. The highest BCUT2D eigenvalue weighted by atomic mass is 32.1. The van der Waals surface area contributed by atoms with Gasteiger partial charge in [0.1, 0.15) is 11.4 Å². The molecule has 0 unspecified atom stereocenters. The minimum absolute atomic E-state index is 0.0458. The van der Waals surface area contributed by atoms with Gasteiger partial charge in [-0.2, -0.15) is 0 Å². The molecule has 0 amide bonds. The van der Waals surface area contributed by atoms with Gasteiger partial charge in [0.25, 0.3) is 0 Å². The van der Waals surface area contributed by atoms with E-state index in [2.05, 4.69) is 53.1 Å². The van der Waals surface area contributed by atoms with E-state index in [-0.39, 0.29) is 16.8 Å². The van der Waals surface area contributed by atoms with Crippen molar-refractivity contribution in [1.82, 2.24) is 20.5 Å².